The Morgan fingerprint density at radius 3 is 1.89 bits per heavy atom. The van der Waals surface area contributed by atoms with E-state index in [4.69, 9.17) is 0 Å². The van der Waals surface area contributed by atoms with Gasteiger partial charge in [-0.15, -0.1) is 5.10 Å². The van der Waals surface area contributed by atoms with Gasteiger partial charge < -0.3 is 0 Å². The molecule has 0 aliphatic carbocycles. The quantitative estimate of drug-likeness (QED) is 0.359. The van der Waals surface area contributed by atoms with E-state index in [-0.39, 0.29) is 10.6 Å². The summed E-state index contributed by atoms with van der Waals surface area (Å²) in [7, 11) is 0. The van der Waals surface area contributed by atoms with Crippen molar-refractivity contribution in [2.75, 3.05) is 0 Å². The number of nitrogens with zero attached hydrogens (tertiary/aromatic N) is 3. The number of rotatable bonds is 5. The summed E-state index contributed by atoms with van der Waals surface area (Å²) in [5, 5.41) is 20.0. The lowest BCUT2D eigenvalue weighted by Gasteiger charge is -2.06. The molecule has 5 nitrogen and oxygen atoms in total. The molecule has 0 fully saturated rings. The van der Waals surface area contributed by atoms with Crippen molar-refractivity contribution in [2.24, 2.45) is 10.2 Å². The topological polar surface area (TPSA) is 67.9 Å². The summed E-state index contributed by atoms with van der Waals surface area (Å²) in [6.45, 7) is 3.51. The third-order valence-electron chi connectivity index (χ3n) is 4.22. The Kier molecular flexibility index (Phi) is 5.52. The molecule has 134 valence electrons. The first-order valence-electron chi connectivity index (χ1n) is 8.55. The van der Waals surface area contributed by atoms with Crippen LogP contribution in [-0.4, -0.2) is 16.3 Å². The second kappa shape index (κ2) is 8.19. The van der Waals surface area contributed by atoms with Crippen molar-refractivity contribution < 1.29 is 4.92 Å². The van der Waals surface area contributed by atoms with E-state index in [2.05, 4.69) is 10.2 Å². The van der Waals surface area contributed by atoms with Crippen LogP contribution >= 0.6 is 0 Å². The van der Waals surface area contributed by atoms with E-state index in [1.807, 2.05) is 66.7 Å². The molecule has 0 spiro atoms. The Morgan fingerprint density at radius 2 is 1.37 bits per heavy atom. The van der Waals surface area contributed by atoms with E-state index in [9.17, 15) is 10.1 Å². The van der Waals surface area contributed by atoms with Crippen molar-refractivity contribution in [3.8, 4) is 0 Å². The molecule has 0 aliphatic rings. The van der Waals surface area contributed by atoms with E-state index in [1.165, 1.54) is 6.07 Å². The minimum Gasteiger partial charge on any atom is -0.258 e. The molecule has 27 heavy (non-hydrogen) atoms. The highest BCUT2D eigenvalue weighted by molar-refractivity contribution is 6.13. The molecule has 3 aromatic rings. The average Bonchev–Trinajstić information content (AvgIpc) is 2.70. The SMILES string of the molecule is C/C(=N/N=C(c1ccccc1)c1ccccc1)c1ccc(C)c([N+](=O)[O-])c1. The van der Waals surface area contributed by atoms with Crippen LogP contribution in [0.5, 0.6) is 0 Å². The lowest BCUT2D eigenvalue weighted by atomic mass is 10.0. The van der Waals surface area contributed by atoms with Crippen LogP contribution in [-0.2, 0) is 0 Å². The number of benzene rings is 3. The molecule has 0 atom stereocenters. The second-order valence-electron chi connectivity index (χ2n) is 6.12. The maximum Gasteiger partial charge on any atom is 0.272 e. The Bertz CT molecular complexity index is 969. The zero-order valence-corrected chi connectivity index (χ0v) is 15.2. The van der Waals surface area contributed by atoms with Gasteiger partial charge in [-0.2, -0.15) is 5.10 Å². The van der Waals surface area contributed by atoms with Gasteiger partial charge in [0.2, 0.25) is 0 Å². The summed E-state index contributed by atoms with van der Waals surface area (Å²) in [6.07, 6.45) is 0. The van der Waals surface area contributed by atoms with Gasteiger partial charge in [0.1, 0.15) is 5.71 Å². The monoisotopic (exact) mass is 357 g/mol. The van der Waals surface area contributed by atoms with Crippen molar-refractivity contribution in [1.29, 1.82) is 0 Å². The second-order valence-corrected chi connectivity index (χ2v) is 6.12. The smallest absolute Gasteiger partial charge is 0.258 e. The average molecular weight is 357 g/mol. The molecular formula is C22H19N3O2. The first-order chi connectivity index (χ1) is 13.1. The fourth-order valence-corrected chi connectivity index (χ4v) is 2.69. The lowest BCUT2D eigenvalue weighted by molar-refractivity contribution is -0.385. The van der Waals surface area contributed by atoms with Gasteiger partial charge in [0.15, 0.2) is 0 Å². The summed E-state index contributed by atoms with van der Waals surface area (Å²) in [5.41, 5.74) is 4.65. The first-order valence-corrected chi connectivity index (χ1v) is 8.55. The fraction of sp³-hybridized carbons (Fsp3) is 0.0909. The molecular weight excluding hydrogens is 338 g/mol. The van der Waals surface area contributed by atoms with Crippen LogP contribution in [0.1, 0.15) is 29.2 Å². The third kappa shape index (κ3) is 4.33. The Labute approximate surface area is 157 Å². The lowest BCUT2D eigenvalue weighted by Crippen LogP contribution is -2.04. The molecule has 0 unspecified atom stereocenters. The number of hydrogen-bond donors (Lipinski definition) is 0. The molecule has 0 radical (unpaired) electrons. The van der Waals surface area contributed by atoms with E-state index >= 15 is 0 Å². The van der Waals surface area contributed by atoms with Crippen LogP contribution in [0.4, 0.5) is 5.69 Å². The normalized spacial score (nSPS) is 11.1. The van der Waals surface area contributed by atoms with Crippen molar-refractivity contribution in [3.63, 3.8) is 0 Å². The molecule has 0 bridgehead atoms. The summed E-state index contributed by atoms with van der Waals surface area (Å²) in [5.74, 6) is 0. The maximum absolute atomic E-state index is 11.2. The highest BCUT2D eigenvalue weighted by Gasteiger charge is 2.12. The van der Waals surface area contributed by atoms with Gasteiger partial charge in [0.25, 0.3) is 5.69 Å². The number of hydrogen-bond acceptors (Lipinski definition) is 4. The maximum atomic E-state index is 11.2. The van der Waals surface area contributed by atoms with Gasteiger partial charge >= 0.3 is 0 Å². The van der Waals surface area contributed by atoms with Gasteiger partial charge in [0, 0.05) is 28.3 Å². The zero-order valence-electron chi connectivity index (χ0n) is 15.2. The van der Waals surface area contributed by atoms with E-state index in [1.54, 1.807) is 19.9 Å². The van der Waals surface area contributed by atoms with Crippen LogP contribution < -0.4 is 0 Å². The van der Waals surface area contributed by atoms with Gasteiger partial charge in [-0.25, -0.2) is 0 Å². The van der Waals surface area contributed by atoms with Gasteiger partial charge in [-0.1, -0.05) is 72.8 Å². The summed E-state index contributed by atoms with van der Waals surface area (Å²) >= 11 is 0. The minimum absolute atomic E-state index is 0.0809. The van der Waals surface area contributed by atoms with Gasteiger partial charge in [0.05, 0.1) is 10.6 Å². The number of nitro groups is 1. The summed E-state index contributed by atoms with van der Waals surface area (Å²) < 4.78 is 0. The fourth-order valence-electron chi connectivity index (χ4n) is 2.69. The van der Waals surface area contributed by atoms with Crippen molar-refractivity contribution in [1.82, 2.24) is 0 Å². The molecule has 5 heteroatoms. The highest BCUT2D eigenvalue weighted by Crippen LogP contribution is 2.20. The Balaban J connectivity index is 2.03. The molecule has 0 saturated carbocycles. The van der Waals surface area contributed by atoms with Crippen LogP contribution in [0, 0.1) is 17.0 Å². The van der Waals surface area contributed by atoms with Crippen LogP contribution in [0.15, 0.2) is 89.1 Å². The number of aryl methyl sites for hydroxylation is 1. The molecule has 0 aromatic heterocycles. The van der Waals surface area contributed by atoms with E-state index in [0.29, 0.717) is 16.8 Å². The molecule has 0 amide bonds. The van der Waals surface area contributed by atoms with Gasteiger partial charge in [-0.05, 0) is 13.8 Å². The largest absolute Gasteiger partial charge is 0.272 e. The standard InChI is InChI=1S/C22H19N3O2/c1-16-13-14-20(15-21(16)25(26)27)17(2)23-24-22(18-9-5-3-6-10-18)19-11-7-4-8-12-19/h3-15H,1-2H3/b23-17-. The van der Waals surface area contributed by atoms with Crippen molar-refractivity contribution in [2.45, 2.75) is 13.8 Å². The Morgan fingerprint density at radius 1 is 0.815 bits per heavy atom. The molecule has 0 heterocycles. The summed E-state index contributed by atoms with van der Waals surface area (Å²) in [6, 6.07) is 24.7. The molecule has 3 aromatic carbocycles. The summed E-state index contributed by atoms with van der Waals surface area (Å²) in [4.78, 5) is 10.8. The predicted octanol–water partition coefficient (Wildman–Crippen LogP) is 5.16. The third-order valence-corrected chi connectivity index (χ3v) is 4.22. The van der Waals surface area contributed by atoms with Gasteiger partial charge in [-0.3, -0.25) is 10.1 Å². The van der Waals surface area contributed by atoms with Crippen LogP contribution in [0.3, 0.4) is 0 Å². The van der Waals surface area contributed by atoms with E-state index in [0.717, 1.165) is 16.8 Å². The molecule has 0 saturated heterocycles. The van der Waals surface area contributed by atoms with E-state index < -0.39 is 0 Å². The minimum atomic E-state index is -0.380. The zero-order chi connectivity index (χ0) is 19.2. The Hall–Kier alpha value is -3.60. The highest BCUT2D eigenvalue weighted by atomic mass is 16.6. The van der Waals surface area contributed by atoms with Crippen molar-refractivity contribution in [3.05, 3.63) is 111 Å². The molecule has 0 aliphatic heterocycles. The predicted molar refractivity (Wildman–Crippen MR) is 109 cm³/mol. The first kappa shape index (κ1) is 18.2. The van der Waals surface area contributed by atoms with Crippen LogP contribution in [0.25, 0.3) is 0 Å². The van der Waals surface area contributed by atoms with Crippen molar-refractivity contribution >= 4 is 17.1 Å². The van der Waals surface area contributed by atoms with Crippen LogP contribution in [0.2, 0.25) is 0 Å². The number of nitro benzene ring substituents is 1. The molecule has 3 rings (SSSR count). The molecule has 0 N–H and O–H groups in total.